The standard InChI is InChI=1S/C21H32O3/c1-19-9-10-21(23-11-12-24-21)13-14(19)3-4-15-16-5-6-18(22)20(16,2)8-7-17(15)19/h14-17H,3-13H2,1-2H3/t14-,15?,16?,17?,19?,20?/m0/s1. The van der Waals surface area contributed by atoms with Gasteiger partial charge in [0.1, 0.15) is 5.78 Å². The van der Waals surface area contributed by atoms with E-state index in [-0.39, 0.29) is 11.2 Å². The van der Waals surface area contributed by atoms with Crippen LogP contribution in [0.1, 0.15) is 71.6 Å². The van der Waals surface area contributed by atoms with Gasteiger partial charge in [0, 0.05) is 24.7 Å². The Morgan fingerprint density at radius 1 is 0.917 bits per heavy atom. The molecule has 6 atom stereocenters. The Labute approximate surface area is 145 Å². The lowest BCUT2D eigenvalue weighted by Crippen LogP contribution is -2.56. The van der Waals surface area contributed by atoms with Crippen LogP contribution in [0.4, 0.5) is 0 Å². The first-order chi connectivity index (χ1) is 11.5. The first-order valence-corrected chi connectivity index (χ1v) is 10.3. The highest BCUT2D eigenvalue weighted by atomic mass is 16.7. The fourth-order valence-electron chi connectivity index (χ4n) is 7.73. The number of hydrogen-bond donors (Lipinski definition) is 0. The maximum absolute atomic E-state index is 12.5. The zero-order chi connectivity index (χ0) is 16.6. The van der Waals surface area contributed by atoms with Crippen LogP contribution in [0.3, 0.4) is 0 Å². The van der Waals surface area contributed by atoms with Gasteiger partial charge in [-0.15, -0.1) is 0 Å². The Morgan fingerprint density at radius 2 is 1.71 bits per heavy atom. The van der Waals surface area contributed by atoms with Crippen LogP contribution in [0.15, 0.2) is 0 Å². The van der Waals surface area contributed by atoms with E-state index >= 15 is 0 Å². The van der Waals surface area contributed by atoms with Crippen LogP contribution in [-0.2, 0) is 14.3 Å². The van der Waals surface area contributed by atoms with Crippen LogP contribution < -0.4 is 0 Å². The summed E-state index contributed by atoms with van der Waals surface area (Å²) in [4.78, 5) is 12.5. The maximum atomic E-state index is 12.5. The molecule has 3 heteroatoms. The number of hydrogen-bond acceptors (Lipinski definition) is 3. The molecule has 1 spiro atoms. The first-order valence-electron chi connectivity index (χ1n) is 10.3. The van der Waals surface area contributed by atoms with Crippen molar-refractivity contribution in [1.29, 1.82) is 0 Å². The molecule has 1 heterocycles. The first kappa shape index (κ1) is 15.8. The van der Waals surface area contributed by atoms with Gasteiger partial charge in [-0.1, -0.05) is 13.8 Å². The second kappa shape index (κ2) is 5.07. The van der Waals surface area contributed by atoms with Gasteiger partial charge in [0.05, 0.1) is 13.2 Å². The van der Waals surface area contributed by atoms with Gasteiger partial charge in [-0.2, -0.15) is 0 Å². The van der Waals surface area contributed by atoms with Crippen molar-refractivity contribution in [2.24, 2.45) is 34.5 Å². The molecule has 0 bridgehead atoms. The molecule has 0 amide bonds. The molecule has 5 unspecified atom stereocenters. The van der Waals surface area contributed by atoms with Gasteiger partial charge in [-0.05, 0) is 67.6 Å². The fraction of sp³-hybridized carbons (Fsp3) is 0.952. The lowest BCUT2D eigenvalue weighted by molar-refractivity contribution is -0.228. The average Bonchev–Trinajstić information content (AvgIpc) is 3.14. The summed E-state index contributed by atoms with van der Waals surface area (Å²) in [6, 6.07) is 0. The molecule has 0 aromatic heterocycles. The number of carbonyl (C=O) groups is 1. The van der Waals surface area contributed by atoms with Crippen LogP contribution in [0.2, 0.25) is 0 Å². The summed E-state index contributed by atoms with van der Waals surface area (Å²) in [5.41, 5.74) is 0.453. The third-order valence-electron chi connectivity index (χ3n) is 9.19. The van der Waals surface area contributed by atoms with Crippen molar-refractivity contribution >= 4 is 5.78 Å². The molecule has 5 aliphatic rings. The number of fused-ring (bicyclic) bond motifs is 5. The molecule has 4 aliphatic carbocycles. The Hall–Kier alpha value is -0.410. The molecular formula is C21H32O3. The van der Waals surface area contributed by atoms with Gasteiger partial charge >= 0.3 is 0 Å². The van der Waals surface area contributed by atoms with Gasteiger partial charge in [-0.3, -0.25) is 4.79 Å². The highest BCUT2D eigenvalue weighted by molar-refractivity contribution is 5.87. The van der Waals surface area contributed by atoms with Crippen LogP contribution in [0.5, 0.6) is 0 Å². The molecule has 3 nitrogen and oxygen atoms in total. The van der Waals surface area contributed by atoms with Crippen molar-refractivity contribution in [2.45, 2.75) is 77.4 Å². The Bertz CT molecular complexity index is 551. The lowest BCUT2D eigenvalue weighted by Gasteiger charge is -2.61. The third kappa shape index (κ3) is 1.95. The van der Waals surface area contributed by atoms with E-state index in [1.165, 1.54) is 25.7 Å². The Balaban J connectivity index is 1.42. The summed E-state index contributed by atoms with van der Waals surface area (Å²) < 4.78 is 12.1. The lowest BCUT2D eigenvalue weighted by atomic mass is 9.45. The maximum Gasteiger partial charge on any atom is 0.168 e. The molecular weight excluding hydrogens is 300 g/mol. The summed E-state index contributed by atoms with van der Waals surface area (Å²) in [6.07, 6.45) is 10.5. The van der Waals surface area contributed by atoms with E-state index in [2.05, 4.69) is 13.8 Å². The second-order valence-electron chi connectivity index (χ2n) is 9.89. The van der Waals surface area contributed by atoms with Crippen LogP contribution in [0.25, 0.3) is 0 Å². The quantitative estimate of drug-likeness (QED) is 0.662. The number of ketones is 1. The number of ether oxygens (including phenoxy) is 2. The molecule has 134 valence electrons. The van der Waals surface area contributed by atoms with Crippen molar-refractivity contribution in [1.82, 2.24) is 0 Å². The topological polar surface area (TPSA) is 35.5 Å². The average molecular weight is 332 g/mol. The van der Waals surface area contributed by atoms with Gasteiger partial charge in [0.25, 0.3) is 0 Å². The summed E-state index contributed by atoms with van der Waals surface area (Å²) in [6.45, 7) is 6.40. The molecule has 4 saturated carbocycles. The third-order valence-corrected chi connectivity index (χ3v) is 9.19. The van der Waals surface area contributed by atoms with Crippen molar-refractivity contribution < 1.29 is 14.3 Å². The number of carbonyl (C=O) groups excluding carboxylic acids is 1. The Morgan fingerprint density at radius 3 is 2.50 bits per heavy atom. The molecule has 1 aliphatic heterocycles. The highest BCUT2D eigenvalue weighted by Gasteiger charge is 2.62. The van der Waals surface area contributed by atoms with E-state index in [1.54, 1.807) is 0 Å². The summed E-state index contributed by atoms with van der Waals surface area (Å²) in [5.74, 6) is 3.33. The molecule has 0 aromatic carbocycles. The van der Waals surface area contributed by atoms with Gasteiger partial charge in [0.15, 0.2) is 5.79 Å². The van der Waals surface area contributed by atoms with E-state index in [0.717, 1.165) is 63.1 Å². The second-order valence-corrected chi connectivity index (χ2v) is 9.89. The van der Waals surface area contributed by atoms with Gasteiger partial charge in [-0.25, -0.2) is 0 Å². The normalized spacial score (nSPS) is 52.8. The SMILES string of the molecule is CC12CCC3C(CC[C@H]4CC5(CCC34C)OCCO5)C1CCC2=O. The van der Waals surface area contributed by atoms with Crippen LogP contribution in [-0.4, -0.2) is 24.8 Å². The molecule has 0 radical (unpaired) electrons. The summed E-state index contributed by atoms with van der Waals surface area (Å²) in [5, 5.41) is 0. The molecule has 0 N–H and O–H groups in total. The minimum Gasteiger partial charge on any atom is -0.348 e. The van der Waals surface area contributed by atoms with Crippen molar-refractivity contribution in [2.75, 3.05) is 13.2 Å². The smallest absolute Gasteiger partial charge is 0.168 e. The van der Waals surface area contributed by atoms with Crippen molar-refractivity contribution in [3.8, 4) is 0 Å². The monoisotopic (exact) mass is 332 g/mol. The van der Waals surface area contributed by atoms with Gasteiger partial charge in [0.2, 0.25) is 0 Å². The molecule has 1 saturated heterocycles. The van der Waals surface area contributed by atoms with Crippen LogP contribution in [0, 0.1) is 34.5 Å². The predicted octanol–water partition coefficient (Wildman–Crippen LogP) is 4.34. The minimum absolute atomic E-state index is 0.0118. The van der Waals surface area contributed by atoms with E-state index in [1.807, 2.05) is 0 Å². The van der Waals surface area contributed by atoms with Crippen molar-refractivity contribution in [3.05, 3.63) is 0 Å². The van der Waals surface area contributed by atoms with Crippen LogP contribution >= 0.6 is 0 Å². The van der Waals surface area contributed by atoms with E-state index < -0.39 is 0 Å². The van der Waals surface area contributed by atoms with Crippen molar-refractivity contribution in [3.63, 3.8) is 0 Å². The number of Topliss-reactive ketones (excluding diaryl/α,β-unsaturated/α-hetero) is 1. The molecule has 0 aromatic rings. The highest BCUT2D eigenvalue weighted by Crippen LogP contribution is 2.66. The van der Waals surface area contributed by atoms with E-state index in [4.69, 9.17) is 9.47 Å². The number of rotatable bonds is 0. The molecule has 5 rings (SSSR count). The van der Waals surface area contributed by atoms with E-state index in [0.29, 0.717) is 17.1 Å². The minimum atomic E-state index is -0.247. The van der Waals surface area contributed by atoms with E-state index in [9.17, 15) is 4.79 Å². The zero-order valence-electron chi connectivity index (χ0n) is 15.3. The zero-order valence-corrected chi connectivity index (χ0v) is 15.3. The fourth-order valence-corrected chi connectivity index (χ4v) is 7.73. The summed E-state index contributed by atoms with van der Waals surface area (Å²) in [7, 11) is 0. The predicted molar refractivity (Wildman–Crippen MR) is 91.4 cm³/mol. The molecule has 5 fully saturated rings. The Kier molecular flexibility index (Phi) is 3.34. The molecule has 24 heavy (non-hydrogen) atoms. The largest absolute Gasteiger partial charge is 0.348 e. The summed E-state index contributed by atoms with van der Waals surface area (Å²) >= 11 is 0. The van der Waals surface area contributed by atoms with Gasteiger partial charge < -0.3 is 9.47 Å².